The Morgan fingerprint density at radius 3 is 2.35 bits per heavy atom. The van der Waals surface area contributed by atoms with Crippen molar-refractivity contribution in [2.75, 3.05) is 20.6 Å². The van der Waals surface area contributed by atoms with Gasteiger partial charge in [0, 0.05) is 19.1 Å². The molecule has 0 aliphatic heterocycles. The van der Waals surface area contributed by atoms with Gasteiger partial charge in [0.1, 0.15) is 0 Å². The first-order valence-corrected chi connectivity index (χ1v) is 6.44. The van der Waals surface area contributed by atoms with Crippen molar-refractivity contribution in [1.29, 1.82) is 0 Å². The van der Waals surface area contributed by atoms with Crippen molar-refractivity contribution in [3.8, 4) is 0 Å². The van der Waals surface area contributed by atoms with Gasteiger partial charge in [-0.05, 0) is 38.1 Å². The fourth-order valence-corrected chi connectivity index (χ4v) is 2.18. The zero-order valence-corrected chi connectivity index (χ0v) is 11.8. The number of benzene rings is 1. The summed E-state index contributed by atoms with van der Waals surface area (Å²) in [6.45, 7) is 8.73. The number of hydrogen-bond acceptors (Lipinski definition) is 2. The second-order valence-electron chi connectivity index (χ2n) is 5.33. The molecule has 1 atom stereocenters. The summed E-state index contributed by atoms with van der Waals surface area (Å²) in [5, 5.41) is 3.56. The van der Waals surface area contributed by atoms with Crippen LogP contribution in [0.25, 0.3) is 0 Å². The van der Waals surface area contributed by atoms with Gasteiger partial charge in [-0.15, -0.1) is 0 Å². The van der Waals surface area contributed by atoms with Crippen LogP contribution in [0, 0.1) is 12.8 Å². The molecule has 1 N–H and O–H groups in total. The standard InChI is InChI=1S/C15H26N2/c1-12(2)15(17(4)5)11-16-10-14-9-7-6-8-13(14)3/h6-9,12,15-16H,10-11H2,1-5H3. The van der Waals surface area contributed by atoms with E-state index < -0.39 is 0 Å². The Morgan fingerprint density at radius 2 is 1.82 bits per heavy atom. The first kappa shape index (κ1) is 14.2. The third-order valence-corrected chi connectivity index (χ3v) is 3.36. The molecule has 1 aromatic carbocycles. The minimum atomic E-state index is 0.596. The summed E-state index contributed by atoms with van der Waals surface area (Å²) in [6.07, 6.45) is 0. The van der Waals surface area contributed by atoms with Crippen molar-refractivity contribution in [1.82, 2.24) is 10.2 Å². The van der Waals surface area contributed by atoms with Crippen molar-refractivity contribution in [2.24, 2.45) is 5.92 Å². The molecule has 2 nitrogen and oxygen atoms in total. The Balaban J connectivity index is 2.44. The summed E-state index contributed by atoms with van der Waals surface area (Å²) in [5.74, 6) is 0.675. The van der Waals surface area contributed by atoms with E-state index in [0.29, 0.717) is 12.0 Å². The Labute approximate surface area is 106 Å². The molecule has 1 rings (SSSR count). The lowest BCUT2D eigenvalue weighted by molar-refractivity contribution is 0.224. The first-order chi connectivity index (χ1) is 8.02. The van der Waals surface area contributed by atoms with Gasteiger partial charge in [-0.25, -0.2) is 0 Å². The van der Waals surface area contributed by atoms with E-state index >= 15 is 0 Å². The zero-order chi connectivity index (χ0) is 12.8. The number of hydrogen-bond donors (Lipinski definition) is 1. The second-order valence-corrected chi connectivity index (χ2v) is 5.33. The molecule has 0 aliphatic carbocycles. The van der Waals surface area contributed by atoms with Gasteiger partial charge in [-0.1, -0.05) is 38.1 Å². The molecule has 1 aromatic rings. The van der Waals surface area contributed by atoms with E-state index in [1.807, 2.05) is 0 Å². The van der Waals surface area contributed by atoms with Crippen molar-refractivity contribution < 1.29 is 0 Å². The summed E-state index contributed by atoms with van der Waals surface area (Å²) in [5.41, 5.74) is 2.76. The Hall–Kier alpha value is -0.860. The minimum Gasteiger partial charge on any atom is -0.311 e. The van der Waals surface area contributed by atoms with Crippen LogP contribution >= 0.6 is 0 Å². The number of nitrogens with one attached hydrogen (secondary N) is 1. The molecular weight excluding hydrogens is 208 g/mol. The fraction of sp³-hybridized carbons (Fsp3) is 0.600. The van der Waals surface area contributed by atoms with Gasteiger partial charge >= 0.3 is 0 Å². The smallest absolute Gasteiger partial charge is 0.0237 e. The maximum Gasteiger partial charge on any atom is 0.0237 e. The van der Waals surface area contributed by atoms with Crippen LogP contribution < -0.4 is 5.32 Å². The number of nitrogens with zero attached hydrogens (tertiary/aromatic N) is 1. The second kappa shape index (κ2) is 6.77. The maximum atomic E-state index is 3.56. The van der Waals surface area contributed by atoms with Gasteiger partial charge in [-0.2, -0.15) is 0 Å². The Morgan fingerprint density at radius 1 is 1.18 bits per heavy atom. The Kier molecular flexibility index (Phi) is 5.66. The van der Waals surface area contributed by atoms with Crippen molar-refractivity contribution in [3.63, 3.8) is 0 Å². The molecule has 0 aliphatic rings. The maximum absolute atomic E-state index is 3.56. The molecule has 0 aromatic heterocycles. The number of likely N-dealkylation sites (N-methyl/N-ethyl adjacent to an activating group) is 1. The molecule has 0 saturated heterocycles. The van der Waals surface area contributed by atoms with Crippen LogP contribution in [-0.4, -0.2) is 31.6 Å². The first-order valence-electron chi connectivity index (χ1n) is 6.44. The van der Waals surface area contributed by atoms with E-state index in [1.165, 1.54) is 11.1 Å². The molecule has 0 fully saturated rings. The van der Waals surface area contributed by atoms with Crippen LogP contribution in [0.3, 0.4) is 0 Å². The molecular formula is C15H26N2. The van der Waals surface area contributed by atoms with E-state index in [2.05, 4.69) is 69.3 Å². The molecule has 0 spiro atoms. The predicted molar refractivity (Wildman–Crippen MR) is 75.2 cm³/mol. The third-order valence-electron chi connectivity index (χ3n) is 3.36. The average molecular weight is 234 g/mol. The van der Waals surface area contributed by atoms with Crippen LogP contribution in [0.2, 0.25) is 0 Å². The predicted octanol–water partition coefficient (Wildman–Crippen LogP) is 2.67. The van der Waals surface area contributed by atoms with Crippen molar-refractivity contribution in [3.05, 3.63) is 35.4 Å². The third kappa shape index (κ3) is 4.49. The molecule has 2 heteroatoms. The Bertz CT molecular complexity index is 323. The highest BCUT2D eigenvalue weighted by atomic mass is 15.1. The topological polar surface area (TPSA) is 15.3 Å². The summed E-state index contributed by atoms with van der Waals surface area (Å²) < 4.78 is 0. The zero-order valence-electron chi connectivity index (χ0n) is 11.8. The quantitative estimate of drug-likeness (QED) is 0.814. The summed E-state index contributed by atoms with van der Waals surface area (Å²) in [6, 6.07) is 9.16. The summed E-state index contributed by atoms with van der Waals surface area (Å²) >= 11 is 0. The molecule has 96 valence electrons. The van der Waals surface area contributed by atoms with Gasteiger partial charge < -0.3 is 10.2 Å². The molecule has 0 heterocycles. The fourth-order valence-electron chi connectivity index (χ4n) is 2.18. The van der Waals surface area contributed by atoms with E-state index in [9.17, 15) is 0 Å². The molecule has 1 unspecified atom stereocenters. The largest absolute Gasteiger partial charge is 0.311 e. The lowest BCUT2D eigenvalue weighted by atomic mass is 10.0. The average Bonchev–Trinajstić information content (AvgIpc) is 2.25. The van der Waals surface area contributed by atoms with Crippen LogP contribution in [0.5, 0.6) is 0 Å². The molecule has 0 saturated carbocycles. The van der Waals surface area contributed by atoms with E-state index in [4.69, 9.17) is 0 Å². The number of rotatable bonds is 6. The highest BCUT2D eigenvalue weighted by Crippen LogP contribution is 2.08. The van der Waals surface area contributed by atoms with Gasteiger partial charge in [0.2, 0.25) is 0 Å². The van der Waals surface area contributed by atoms with E-state index in [1.54, 1.807) is 0 Å². The van der Waals surface area contributed by atoms with Crippen LogP contribution in [0.4, 0.5) is 0 Å². The number of aryl methyl sites for hydroxylation is 1. The molecule has 0 amide bonds. The monoisotopic (exact) mass is 234 g/mol. The highest BCUT2D eigenvalue weighted by molar-refractivity contribution is 5.25. The van der Waals surface area contributed by atoms with Crippen LogP contribution in [0.15, 0.2) is 24.3 Å². The SMILES string of the molecule is Cc1ccccc1CNCC(C(C)C)N(C)C. The van der Waals surface area contributed by atoms with Gasteiger partial charge in [-0.3, -0.25) is 0 Å². The van der Waals surface area contributed by atoms with E-state index in [0.717, 1.165) is 13.1 Å². The normalized spacial score (nSPS) is 13.4. The van der Waals surface area contributed by atoms with Crippen LogP contribution in [0.1, 0.15) is 25.0 Å². The van der Waals surface area contributed by atoms with Crippen molar-refractivity contribution >= 4 is 0 Å². The van der Waals surface area contributed by atoms with Gasteiger partial charge in [0.25, 0.3) is 0 Å². The van der Waals surface area contributed by atoms with Gasteiger partial charge in [0.05, 0.1) is 0 Å². The van der Waals surface area contributed by atoms with Crippen molar-refractivity contribution in [2.45, 2.75) is 33.4 Å². The molecule has 0 radical (unpaired) electrons. The lowest BCUT2D eigenvalue weighted by Crippen LogP contribution is -2.41. The summed E-state index contributed by atoms with van der Waals surface area (Å²) in [4.78, 5) is 2.30. The van der Waals surface area contributed by atoms with E-state index in [-0.39, 0.29) is 0 Å². The lowest BCUT2D eigenvalue weighted by Gasteiger charge is -2.28. The van der Waals surface area contributed by atoms with Crippen LogP contribution in [-0.2, 0) is 6.54 Å². The van der Waals surface area contributed by atoms with Gasteiger partial charge in [0.15, 0.2) is 0 Å². The summed E-state index contributed by atoms with van der Waals surface area (Å²) in [7, 11) is 4.31. The molecule has 0 bridgehead atoms. The highest BCUT2D eigenvalue weighted by Gasteiger charge is 2.14. The minimum absolute atomic E-state index is 0.596. The molecule has 17 heavy (non-hydrogen) atoms.